The van der Waals surface area contributed by atoms with Crippen molar-refractivity contribution in [3.05, 3.63) is 29.6 Å². The molecule has 0 aromatic carbocycles. The molecular weight excluding hydrogens is 260 g/mol. The number of hydrogen-bond acceptors (Lipinski definition) is 4. The second kappa shape index (κ2) is 6.47. The van der Waals surface area contributed by atoms with Gasteiger partial charge in [0, 0.05) is 18.8 Å². The fraction of sp³-hybridized carbons (Fsp3) is 0.500. The summed E-state index contributed by atoms with van der Waals surface area (Å²) in [7, 11) is 0. The molecule has 1 aromatic rings. The fourth-order valence-corrected chi connectivity index (χ4v) is 2.59. The number of hydrogen-bond donors (Lipinski definition) is 2. The molecule has 0 aliphatic heterocycles. The Labute approximate surface area is 117 Å². The molecule has 6 nitrogen and oxygen atoms in total. The number of aliphatic hydroxyl groups is 1. The summed E-state index contributed by atoms with van der Waals surface area (Å²) in [5.41, 5.74) is 0.270. The first-order chi connectivity index (χ1) is 9.63. The Bertz CT molecular complexity index is 480. The molecule has 1 aliphatic carbocycles. The van der Waals surface area contributed by atoms with Gasteiger partial charge in [-0.15, -0.1) is 0 Å². The predicted octanol–water partition coefficient (Wildman–Crippen LogP) is 1.16. The van der Waals surface area contributed by atoms with Crippen LogP contribution in [0.2, 0.25) is 0 Å². The Morgan fingerprint density at radius 2 is 2.00 bits per heavy atom. The van der Waals surface area contributed by atoms with E-state index in [4.69, 9.17) is 10.2 Å². The summed E-state index contributed by atoms with van der Waals surface area (Å²) in [6, 6.07) is 2.95. The van der Waals surface area contributed by atoms with Crippen molar-refractivity contribution >= 4 is 11.9 Å². The number of aromatic carboxylic acids is 1. The number of rotatable bonds is 5. The maximum absolute atomic E-state index is 12.4. The third-order valence-corrected chi connectivity index (χ3v) is 3.60. The first-order valence-electron chi connectivity index (χ1n) is 6.74. The largest absolute Gasteiger partial charge is 0.477 e. The number of carbonyl (C=O) groups is 2. The van der Waals surface area contributed by atoms with Crippen LogP contribution in [-0.4, -0.2) is 51.2 Å². The second-order valence-corrected chi connectivity index (χ2v) is 4.90. The molecule has 2 rings (SSSR count). The molecule has 0 spiro atoms. The van der Waals surface area contributed by atoms with Crippen LogP contribution < -0.4 is 0 Å². The average Bonchev–Trinajstić information content (AvgIpc) is 2.98. The van der Waals surface area contributed by atoms with E-state index in [1.54, 1.807) is 4.90 Å². The van der Waals surface area contributed by atoms with Crippen LogP contribution in [0.3, 0.4) is 0 Å². The van der Waals surface area contributed by atoms with E-state index in [2.05, 4.69) is 4.98 Å². The van der Waals surface area contributed by atoms with Gasteiger partial charge in [0.1, 0.15) is 5.69 Å². The molecule has 0 unspecified atom stereocenters. The van der Waals surface area contributed by atoms with Gasteiger partial charge in [0.05, 0.1) is 12.2 Å². The average molecular weight is 278 g/mol. The monoisotopic (exact) mass is 278 g/mol. The van der Waals surface area contributed by atoms with Gasteiger partial charge in [0.2, 0.25) is 0 Å². The molecule has 1 aromatic heterocycles. The van der Waals surface area contributed by atoms with Crippen LogP contribution in [0.1, 0.15) is 46.5 Å². The van der Waals surface area contributed by atoms with Crippen LogP contribution >= 0.6 is 0 Å². The highest BCUT2D eigenvalue weighted by atomic mass is 16.4. The van der Waals surface area contributed by atoms with Crippen LogP contribution in [-0.2, 0) is 0 Å². The highest BCUT2D eigenvalue weighted by Crippen LogP contribution is 2.24. The highest BCUT2D eigenvalue weighted by Gasteiger charge is 2.27. The van der Waals surface area contributed by atoms with Gasteiger partial charge in [-0.25, -0.2) is 9.78 Å². The van der Waals surface area contributed by atoms with Crippen molar-refractivity contribution in [1.82, 2.24) is 9.88 Å². The molecule has 20 heavy (non-hydrogen) atoms. The van der Waals surface area contributed by atoms with Gasteiger partial charge in [-0.3, -0.25) is 4.79 Å². The van der Waals surface area contributed by atoms with Gasteiger partial charge in [0.15, 0.2) is 0 Å². The zero-order chi connectivity index (χ0) is 14.5. The first-order valence-corrected chi connectivity index (χ1v) is 6.74. The molecule has 1 fully saturated rings. The topological polar surface area (TPSA) is 90.7 Å². The minimum absolute atomic E-state index is 0.0805. The smallest absolute Gasteiger partial charge is 0.354 e. The van der Waals surface area contributed by atoms with E-state index in [0.717, 1.165) is 25.7 Å². The number of carboxylic acid groups (broad SMARTS) is 1. The van der Waals surface area contributed by atoms with Gasteiger partial charge in [0.25, 0.3) is 5.91 Å². The van der Waals surface area contributed by atoms with Crippen molar-refractivity contribution in [2.45, 2.75) is 31.7 Å². The summed E-state index contributed by atoms with van der Waals surface area (Å²) in [5.74, 6) is -1.32. The van der Waals surface area contributed by atoms with Crippen molar-refractivity contribution in [3.8, 4) is 0 Å². The summed E-state index contributed by atoms with van der Waals surface area (Å²) < 4.78 is 0. The van der Waals surface area contributed by atoms with E-state index >= 15 is 0 Å². The number of carbonyl (C=O) groups excluding carboxylic acids is 1. The highest BCUT2D eigenvalue weighted by molar-refractivity contribution is 5.95. The minimum atomic E-state index is -1.12. The summed E-state index contributed by atoms with van der Waals surface area (Å²) in [4.78, 5) is 28.6. The van der Waals surface area contributed by atoms with E-state index in [-0.39, 0.29) is 24.2 Å². The van der Waals surface area contributed by atoms with Crippen molar-refractivity contribution in [2.75, 3.05) is 13.2 Å². The molecule has 2 N–H and O–H groups in total. The lowest BCUT2D eigenvalue weighted by atomic mass is 10.1. The fourth-order valence-electron chi connectivity index (χ4n) is 2.59. The molecule has 0 saturated heterocycles. The Morgan fingerprint density at radius 3 is 2.50 bits per heavy atom. The Kier molecular flexibility index (Phi) is 4.68. The van der Waals surface area contributed by atoms with Gasteiger partial charge in [-0.05, 0) is 25.0 Å². The minimum Gasteiger partial charge on any atom is -0.477 e. The van der Waals surface area contributed by atoms with Gasteiger partial charge >= 0.3 is 5.97 Å². The van der Waals surface area contributed by atoms with Crippen LogP contribution in [0, 0.1) is 0 Å². The molecular formula is C14H18N2O4. The predicted molar refractivity (Wildman–Crippen MR) is 71.6 cm³/mol. The molecule has 1 heterocycles. The van der Waals surface area contributed by atoms with Gasteiger partial charge < -0.3 is 15.1 Å². The maximum atomic E-state index is 12.4. The van der Waals surface area contributed by atoms with E-state index in [1.807, 2.05) is 0 Å². The second-order valence-electron chi connectivity index (χ2n) is 4.90. The van der Waals surface area contributed by atoms with Crippen LogP contribution in [0.5, 0.6) is 0 Å². The van der Waals surface area contributed by atoms with E-state index in [0.29, 0.717) is 12.1 Å². The van der Waals surface area contributed by atoms with E-state index < -0.39 is 5.97 Å². The lowest BCUT2D eigenvalue weighted by Gasteiger charge is -2.28. The molecule has 108 valence electrons. The van der Waals surface area contributed by atoms with Gasteiger partial charge in [-0.1, -0.05) is 12.8 Å². The van der Waals surface area contributed by atoms with Crippen molar-refractivity contribution < 1.29 is 19.8 Å². The molecule has 0 bridgehead atoms. The third-order valence-electron chi connectivity index (χ3n) is 3.60. The molecule has 1 aliphatic rings. The van der Waals surface area contributed by atoms with Crippen LogP contribution in [0.15, 0.2) is 18.3 Å². The normalized spacial score (nSPS) is 15.2. The van der Waals surface area contributed by atoms with E-state index in [9.17, 15) is 9.59 Å². The summed E-state index contributed by atoms with van der Waals surface area (Å²) in [6.45, 7) is 0.215. The van der Waals surface area contributed by atoms with Crippen molar-refractivity contribution in [3.63, 3.8) is 0 Å². The number of pyridine rings is 1. The number of nitrogens with zero attached hydrogens (tertiary/aromatic N) is 2. The quantitative estimate of drug-likeness (QED) is 0.843. The SMILES string of the molecule is O=C(O)c1ccc(C(=O)N(CCO)C2CCCC2)cn1. The van der Waals surface area contributed by atoms with Crippen molar-refractivity contribution in [2.24, 2.45) is 0 Å². The molecule has 0 radical (unpaired) electrons. The Morgan fingerprint density at radius 1 is 1.30 bits per heavy atom. The van der Waals surface area contributed by atoms with E-state index in [1.165, 1.54) is 18.3 Å². The lowest BCUT2D eigenvalue weighted by molar-refractivity contribution is 0.0634. The summed E-state index contributed by atoms with van der Waals surface area (Å²) >= 11 is 0. The molecule has 6 heteroatoms. The first kappa shape index (κ1) is 14.5. The van der Waals surface area contributed by atoms with Crippen LogP contribution in [0.4, 0.5) is 0 Å². The molecule has 0 atom stereocenters. The zero-order valence-electron chi connectivity index (χ0n) is 11.2. The van der Waals surface area contributed by atoms with Gasteiger partial charge in [-0.2, -0.15) is 0 Å². The Balaban J connectivity index is 2.15. The number of amides is 1. The number of carboxylic acids is 1. The third kappa shape index (κ3) is 3.14. The van der Waals surface area contributed by atoms with Crippen LogP contribution in [0.25, 0.3) is 0 Å². The zero-order valence-corrected chi connectivity index (χ0v) is 11.2. The number of aromatic nitrogens is 1. The maximum Gasteiger partial charge on any atom is 0.354 e. The lowest BCUT2D eigenvalue weighted by Crippen LogP contribution is -2.40. The molecule has 1 amide bonds. The molecule has 1 saturated carbocycles. The standard InChI is InChI=1S/C14H18N2O4/c17-8-7-16(11-3-1-2-4-11)13(18)10-5-6-12(14(19)20)15-9-10/h5-6,9,11,17H,1-4,7-8H2,(H,19,20). The Hall–Kier alpha value is -1.95. The summed E-state index contributed by atoms with van der Waals surface area (Å²) in [5, 5.41) is 17.9. The van der Waals surface area contributed by atoms with Crippen molar-refractivity contribution in [1.29, 1.82) is 0 Å². The number of aliphatic hydroxyl groups excluding tert-OH is 1. The summed E-state index contributed by atoms with van der Waals surface area (Å²) in [6.07, 6.45) is 5.37.